The fourth-order valence-electron chi connectivity index (χ4n) is 2.65. The molecule has 0 aliphatic rings. The van der Waals surface area contributed by atoms with Crippen molar-refractivity contribution >= 4 is 26.6 Å². The van der Waals surface area contributed by atoms with Crippen molar-refractivity contribution in [1.82, 2.24) is 0 Å². The molecule has 0 heterocycles. The van der Waals surface area contributed by atoms with Gasteiger partial charge in [-0.3, -0.25) is 4.55 Å². The van der Waals surface area contributed by atoms with E-state index in [-0.39, 0.29) is 11.5 Å². The second-order valence-corrected chi connectivity index (χ2v) is 7.47. The Labute approximate surface area is 146 Å². The van der Waals surface area contributed by atoms with Gasteiger partial charge < -0.3 is 10.5 Å². The van der Waals surface area contributed by atoms with Gasteiger partial charge in [-0.1, -0.05) is 29.8 Å². The maximum Gasteiger partial charge on any atom is 0.294 e. The number of ether oxygens (including phenoxy) is 1. The standard InChI is InChI=1S/C19H19NO4S/c1-12-3-5-14(6-4-12)11-24-19-10-15(25(21,22)23)9-17-13(2)18(20)8-7-16(17)19/h3-10H,11,20H2,1-2H3,(H,21,22,23). The summed E-state index contributed by atoms with van der Waals surface area (Å²) in [4.78, 5) is -0.215. The minimum atomic E-state index is -4.36. The Kier molecular flexibility index (Phi) is 4.41. The number of rotatable bonds is 4. The predicted octanol–water partition coefficient (Wildman–Crippen LogP) is 3.86. The van der Waals surface area contributed by atoms with Gasteiger partial charge in [-0.25, -0.2) is 0 Å². The van der Waals surface area contributed by atoms with Crippen molar-refractivity contribution in [2.45, 2.75) is 25.3 Å². The Bertz CT molecular complexity index is 1040. The minimum absolute atomic E-state index is 0.215. The maximum absolute atomic E-state index is 11.6. The van der Waals surface area contributed by atoms with E-state index in [1.54, 1.807) is 19.1 Å². The van der Waals surface area contributed by atoms with Gasteiger partial charge >= 0.3 is 0 Å². The largest absolute Gasteiger partial charge is 0.488 e. The second-order valence-electron chi connectivity index (χ2n) is 6.05. The number of nitrogen functional groups attached to an aromatic ring is 1. The highest BCUT2D eigenvalue weighted by atomic mass is 32.2. The lowest BCUT2D eigenvalue weighted by molar-refractivity contribution is 0.309. The van der Waals surface area contributed by atoms with Crippen molar-refractivity contribution in [2.24, 2.45) is 0 Å². The first-order valence-corrected chi connectivity index (χ1v) is 9.18. The third-order valence-corrected chi connectivity index (χ3v) is 5.03. The van der Waals surface area contributed by atoms with E-state index in [9.17, 15) is 13.0 Å². The molecule has 3 aromatic carbocycles. The molecule has 3 rings (SSSR count). The molecule has 6 heteroatoms. The molecule has 0 saturated carbocycles. The van der Waals surface area contributed by atoms with Crippen molar-refractivity contribution in [3.05, 3.63) is 65.2 Å². The lowest BCUT2D eigenvalue weighted by Crippen LogP contribution is -2.02. The third kappa shape index (κ3) is 3.60. The smallest absolute Gasteiger partial charge is 0.294 e. The average Bonchev–Trinajstić information content (AvgIpc) is 2.56. The molecule has 0 atom stereocenters. The van der Waals surface area contributed by atoms with Crippen LogP contribution in [0.5, 0.6) is 5.75 Å². The van der Waals surface area contributed by atoms with Crippen LogP contribution in [-0.4, -0.2) is 13.0 Å². The Morgan fingerprint density at radius 2 is 1.68 bits per heavy atom. The van der Waals surface area contributed by atoms with E-state index >= 15 is 0 Å². The Balaban J connectivity index is 2.09. The molecule has 5 nitrogen and oxygen atoms in total. The van der Waals surface area contributed by atoms with Crippen molar-refractivity contribution in [1.29, 1.82) is 0 Å². The second kappa shape index (κ2) is 6.38. The topological polar surface area (TPSA) is 89.6 Å². The van der Waals surface area contributed by atoms with Gasteiger partial charge in [-0.2, -0.15) is 8.42 Å². The SMILES string of the molecule is Cc1ccc(COc2cc(S(=O)(=O)O)cc3c(C)c(N)ccc23)cc1. The summed E-state index contributed by atoms with van der Waals surface area (Å²) < 4.78 is 38.5. The van der Waals surface area contributed by atoms with E-state index in [1.807, 2.05) is 31.2 Å². The molecule has 0 amide bonds. The number of anilines is 1. The number of benzene rings is 3. The number of fused-ring (bicyclic) bond motifs is 1. The van der Waals surface area contributed by atoms with Crippen molar-refractivity contribution in [2.75, 3.05) is 5.73 Å². The van der Waals surface area contributed by atoms with Crippen LogP contribution in [0, 0.1) is 13.8 Å². The summed E-state index contributed by atoms with van der Waals surface area (Å²) in [5, 5.41) is 1.38. The third-order valence-electron chi connectivity index (χ3n) is 4.19. The highest BCUT2D eigenvalue weighted by Gasteiger charge is 2.16. The fraction of sp³-hybridized carbons (Fsp3) is 0.158. The first kappa shape index (κ1) is 17.3. The van der Waals surface area contributed by atoms with Crippen LogP contribution < -0.4 is 10.5 Å². The number of nitrogens with two attached hydrogens (primary N) is 1. The van der Waals surface area contributed by atoms with Crippen LogP contribution in [0.1, 0.15) is 16.7 Å². The summed E-state index contributed by atoms with van der Waals surface area (Å²) in [5.41, 5.74) is 9.31. The molecule has 0 bridgehead atoms. The van der Waals surface area contributed by atoms with Gasteiger partial charge in [0.15, 0.2) is 0 Å². The summed E-state index contributed by atoms with van der Waals surface area (Å²) >= 11 is 0. The zero-order valence-corrected chi connectivity index (χ0v) is 14.8. The molecule has 0 aliphatic heterocycles. The summed E-state index contributed by atoms with van der Waals surface area (Å²) in [6, 6.07) is 14.2. The van der Waals surface area contributed by atoms with Crippen LogP contribution in [0.4, 0.5) is 5.69 Å². The molecule has 3 N–H and O–H groups in total. The summed E-state index contributed by atoms with van der Waals surface area (Å²) in [7, 11) is -4.36. The zero-order valence-electron chi connectivity index (χ0n) is 14.0. The highest BCUT2D eigenvalue weighted by Crippen LogP contribution is 2.34. The Hall–Kier alpha value is -2.57. The van der Waals surface area contributed by atoms with Gasteiger partial charge in [0.1, 0.15) is 12.4 Å². The average molecular weight is 357 g/mol. The Morgan fingerprint density at radius 3 is 2.32 bits per heavy atom. The quantitative estimate of drug-likeness (QED) is 0.546. The normalized spacial score (nSPS) is 11.6. The molecule has 0 spiro atoms. The lowest BCUT2D eigenvalue weighted by Gasteiger charge is -2.14. The van der Waals surface area contributed by atoms with Crippen LogP contribution in [0.3, 0.4) is 0 Å². The molecule has 130 valence electrons. The van der Waals surface area contributed by atoms with Crippen LogP contribution in [0.25, 0.3) is 10.8 Å². The van der Waals surface area contributed by atoms with E-state index in [1.165, 1.54) is 12.1 Å². The highest BCUT2D eigenvalue weighted by molar-refractivity contribution is 7.85. The van der Waals surface area contributed by atoms with Crippen LogP contribution in [0.15, 0.2) is 53.4 Å². The van der Waals surface area contributed by atoms with E-state index < -0.39 is 10.1 Å². The van der Waals surface area contributed by atoms with Gasteiger partial charge in [-0.15, -0.1) is 0 Å². The molecule has 0 saturated heterocycles. The van der Waals surface area contributed by atoms with E-state index in [0.29, 0.717) is 16.8 Å². The lowest BCUT2D eigenvalue weighted by atomic mass is 10.0. The molecule has 0 aliphatic carbocycles. The van der Waals surface area contributed by atoms with Gasteiger partial charge in [0, 0.05) is 17.1 Å². The van der Waals surface area contributed by atoms with E-state index in [4.69, 9.17) is 10.5 Å². The van der Waals surface area contributed by atoms with Crippen molar-refractivity contribution < 1.29 is 17.7 Å². The first-order valence-electron chi connectivity index (χ1n) is 7.74. The van der Waals surface area contributed by atoms with Crippen LogP contribution in [-0.2, 0) is 16.7 Å². The number of hydrogen-bond acceptors (Lipinski definition) is 4. The van der Waals surface area contributed by atoms with Crippen molar-refractivity contribution in [3.8, 4) is 5.75 Å². The first-order chi connectivity index (χ1) is 11.8. The van der Waals surface area contributed by atoms with Crippen LogP contribution >= 0.6 is 0 Å². The van der Waals surface area contributed by atoms with Gasteiger partial charge in [0.2, 0.25) is 0 Å². The molecule has 3 aromatic rings. The fourth-order valence-corrected chi connectivity index (χ4v) is 3.17. The molecular weight excluding hydrogens is 338 g/mol. The molecule has 0 unspecified atom stereocenters. The molecule has 0 radical (unpaired) electrons. The number of aryl methyl sites for hydroxylation is 2. The van der Waals surface area contributed by atoms with Gasteiger partial charge in [0.25, 0.3) is 10.1 Å². The zero-order chi connectivity index (χ0) is 18.2. The monoisotopic (exact) mass is 357 g/mol. The number of hydrogen-bond donors (Lipinski definition) is 2. The molecular formula is C19H19NO4S. The van der Waals surface area contributed by atoms with E-state index in [0.717, 1.165) is 22.1 Å². The van der Waals surface area contributed by atoms with Gasteiger partial charge in [0.05, 0.1) is 4.90 Å². The van der Waals surface area contributed by atoms with Crippen molar-refractivity contribution in [3.63, 3.8) is 0 Å². The summed E-state index contributed by atoms with van der Waals surface area (Å²) in [5.74, 6) is 0.383. The van der Waals surface area contributed by atoms with Gasteiger partial charge in [-0.05, 0) is 48.6 Å². The maximum atomic E-state index is 11.6. The minimum Gasteiger partial charge on any atom is -0.488 e. The summed E-state index contributed by atoms with van der Waals surface area (Å²) in [6.45, 7) is 4.09. The molecule has 0 fully saturated rings. The van der Waals surface area contributed by atoms with E-state index in [2.05, 4.69) is 0 Å². The predicted molar refractivity (Wildman–Crippen MR) is 98.4 cm³/mol. The molecule has 25 heavy (non-hydrogen) atoms. The Morgan fingerprint density at radius 1 is 1.00 bits per heavy atom. The van der Waals surface area contributed by atoms with Crippen LogP contribution in [0.2, 0.25) is 0 Å². The molecule has 0 aromatic heterocycles. The summed E-state index contributed by atoms with van der Waals surface area (Å²) in [6.07, 6.45) is 0.